The number of nitrogens with zero attached hydrogens (tertiary/aromatic N) is 1. The third-order valence-corrected chi connectivity index (χ3v) is 1.47. The number of hydrogen-bond donors (Lipinski definition) is 2. The van der Waals surface area contributed by atoms with Crippen LogP contribution in [0.2, 0.25) is 0 Å². The molecule has 1 aromatic rings. The Morgan fingerprint density at radius 2 is 2.00 bits per heavy atom. The van der Waals surface area contributed by atoms with Crippen molar-refractivity contribution in [3.63, 3.8) is 0 Å². The second-order valence-corrected chi connectivity index (χ2v) is 2.46. The number of benzene rings is 1. The first-order valence-electron chi connectivity index (χ1n) is 3.88. The maximum atomic E-state index is 10.6. The summed E-state index contributed by atoms with van der Waals surface area (Å²) in [5.41, 5.74) is 7.54. The van der Waals surface area contributed by atoms with Crippen molar-refractivity contribution in [1.82, 2.24) is 5.43 Å². The van der Waals surface area contributed by atoms with Crippen molar-refractivity contribution in [2.24, 2.45) is 10.8 Å². The monoisotopic (exact) mass is 191 g/mol. The first-order valence-corrected chi connectivity index (χ1v) is 3.88. The van der Waals surface area contributed by atoms with Gasteiger partial charge < -0.3 is 5.73 Å². The van der Waals surface area contributed by atoms with Gasteiger partial charge in [0.05, 0.1) is 0 Å². The number of carbonyl (C=O) groups is 2. The molecule has 0 heterocycles. The number of primary amides is 1. The minimum atomic E-state index is -0.805. The summed E-state index contributed by atoms with van der Waals surface area (Å²) in [6.07, 6.45) is 0.547. The van der Waals surface area contributed by atoms with Crippen molar-refractivity contribution in [2.45, 2.75) is 0 Å². The minimum Gasteiger partial charge on any atom is -0.350 e. The normalized spacial score (nSPS) is 10.7. The topological polar surface area (TPSA) is 84.6 Å². The van der Waals surface area contributed by atoms with E-state index in [9.17, 15) is 9.59 Å². The summed E-state index contributed by atoms with van der Waals surface area (Å²) in [5, 5.41) is 3.54. The molecule has 0 bridgehead atoms. The van der Waals surface area contributed by atoms with Gasteiger partial charge in [0.15, 0.2) is 6.29 Å². The molecule has 0 fully saturated rings. The van der Waals surface area contributed by atoms with Crippen molar-refractivity contribution in [2.75, 3.05) is 0 Å². The lowest BCUT2D eigenvalue weighted by Crippen LogP contribution is -2.26. The van der Waals surface area contributed by atoms with Crippen LogP contribution < -0.4 is 11.2 Å². The Bertz CT molecular complexity index is 360. The molecular weight excluding hydrogens is 182 g/mol. The molecule has 0 aliphatic carbocycles. The second-order valence-electron chi connectivity index (χ2n) is 2.46. The summed E-state index contributed by atoms with van der Waals surface area (Å²) in [6, 6.07) is 7.94. The Kier molecular flexibility index (Phi) is 3.37. The van der Waals surface area contributed by atoms with Crippen LogP contribution in [0.5, 0.6) is 0 Å². The molecule has 0 atom stereocenters. The molecule has 0 unspecified atom stereocenters. The van der Waals surface area contributed by atoms with Gasteiger partial charge in [-0.3, -0.25) is 4.79 Å². The van der Waals surface area contributed by atoms with Crippen LogP contribution in [-0.2, 0) is 4.79 Å². The fourth-order valence-corrected chi connectivity index (χ4v) is 0.883. The number of urea groups is 1. The zero-order valence-corrected chi connectivity index (χ0v) is 7.31. The number of aldehydes is 1. The highest BCUT2D eigenvalue weighted by atomic mass is 16.2. The highest BCUT2D eigenvalue weighted by Gasteiger charge is 2.00. The molecule has 0 aromatic heterocycles. The Morgan fingerprint density at radius 1 is 1.36 bits per heavy atom. The molecule has 1 aromatic carbocycles. The molecule has 72 valence electrons. The lowest BCUT2D eigenvalue weighted by atomic mass is 10.1. The SMILES string of the molecule is NC(=O)NN=C(C=O)c1ccccc1. The van der Waals surface area contributed by atoms with E-state index in [4.69, 9.17) is 5.73 Å². The maximum Gasteiger partial charge on any atom is 0.332 e. The smallest absolute Gasteiger partial charge is 0.332 e. The average molecular weight is 191 g/mol. The van der Waals surface area contributed by atoms with Gasteiger partial charge in [0.2, 0.25) is 0 Å². The van der Waals surface area contributed by atoms with Gasteiger partial charge >= 0.3 is 6.03 Å². The molecule has 1 rings (SSSR count). The van der Waals surface area contributed by atoms with Crippen molar-refractivity contribution >= 4 is 18.0 Å². The van der Waals surface area contributed by atoms with Crippen LogP contribution in [0, 0.1) is 0 Å². The molecule has 14 heavy (non-hydrogen) atoms. The Labute approximate surface area is 80.6 Å². The first kappa shape index (κ1) is 9.91. The summed E-state index contributed by atoms with van der Waals surface area (Å²) in [5.74, 6) is 0. The van der Waals surface area contributed by atoms with E-state index in [1.165, 1.54) is 0 Å². The molecule has 0 spiro atoms. The summed E-state index contributed by atoms with van der Waals surface area (Å²) in [7, 11) is 0. The van der Waals surface area contributed by atoms with Crippen LogP contribution in [0.15, 0.2) is 35.4 Å². The maximum absolute atomic E-state index is 10.6. The second kappa shape index (κ2) is 4.76. The Morgan fingerprint density at radius 3 is 2.50 bits per heavy atom. The summed E-state index contributed by atoms with van der Waals surface area (Å²) < 4.78 is 0. The van der Waals surface area contributed by atoms with Crippen molar-refractivity contribution in [1.29, 1.82) is 0 Å². The van der Waals surface area contributed by atoms with Crippen molar-refractivity contribution in [3.05, 3.63) is 35.9 Å². The predicted molar refractivity (Wildman–Crippen MR) is 51.8 cm³/mol. The molecular formula is C9H9N3O2. The third kappa shape index (κ3) is 2.71. The van der Waals surface area contributed by atoms with Crippen LogP contribution in [0.4, 0.5) is 4.79 Å². The summed E-state index contributed by atoms with van der Waals surface area (Å²) in [6.45, 7) is 0. The van der Waals surface area contributed by atoms with Crippen molar-refractivity contribution in [3.8, 4) is 0 Å². The molecule has 0 radical (unpaired) electrons. The zero-order chi connectivity index (χ0) is 10.4. The van der Waals surface area contributed by atoms with E-state index in [0.717, 1.165) is 0 Å². The molecule has 5 nitrogen and oxygen atoms in total. The zero-order valence-electron chi connectivity index (χ0n) is 7.31. The highest BCUT2D eigenvalue weighted by molar-refractivity contribution is 6.36. The number of amides is 2. The van der Waals surface area contributed by atoms with E-state index in [0.29, 0.717) is 11.8 Å². The number of rotatable bonds is 3. The molecule has 0 saturated carbocycles. The number of carbonyl (C=O) groups excluding carboxylic acids is 2. The predicted octanol–water partition coefficient (Wildman–Crippen LogP) is 0.258. The van der Waals surface area contributed by atoms with E-state index in [1.54, 1.807) is 24.3 Å². The molecule has 3 N–H and O–H groups in total. The Balaban J connectivity index is 2.87. The van der Waals surface area contributed by atoms with Crippen LogP contribution in [-0.4, -0.2) is 18.0 Å². The third-order valence-electron chi connectivity index (χ3n) is 1.47. The van der Waals surface area contributed by atoms with Crippen LogP contribution >= 0.6 is 0 Å². The lowest BCUT2D eigenvalue weighted by Gasteiger charge is -1.98. The van der Waals surface area contributed by atoms with E-state index < -0.39 is 6.03 Å². The van der Waals surface area contributed by atoms with Gasteiger partial charge in [-0.05, 0) is 0 Å². The number of hydrogen-bond acceptors (Lipinski definition) is 3. The quantitative estimate of drug-likeness (QED) is 0.408. The summed E-state index contributed by atoms with van der Waals surface area (Å²) in [4.78, 5) is 20.9. The van der Waals surface area contributed by atoms with Gasteiger partial charge in [-0.1, -0.05) is 30.3 Å². The fraction of sp³-hybridized carbons (Fsp3) is 0. The standard InChI is InChI=1S/C9H9N3O2/c10-9(14)12-11-8(6-13)7-4-2-1-3-5-7/h1-6H,(H3,10,12,14). The van der Waals surface area contributed by atoms with Gasteiger partial charge in [0, 0.05) is 5.56 Å². The largest absolute Gasteiger partial charge is 0.350 e. The van der Waals surface area contributed by atoms with Gasteiger partial charge in [0.1, 0.15) is 5.71 Å². The van der Waals surface area contributed by atoms with E-state index in [-0.39, 0.29) is 5.71 Å². The van der Waals surface area contributed by atoms with Gasteiger partial charge in [0.25, 0.3) is 0 Å². The van der Waals surface area contributed by atoms with E-state index >= 15 is 0 Å². The fourth-order valence-electron chi connectivity index (χ4n) is 0.883. The number of nitrogens with two attached hydrogens (primary N) is 1. The van der Waals surface area contributed by atoms with Crippen molar-refractivity contribution < 1.29 is 9.59 Å². The summed E-state index contributed by atoms with van der Waals surface area (Å²) >= 11 is 0. The molecule has 0 aliphatic rings. The first-order chi connectivity index (χ1) is 6.74. The lowest BCUT2D eigenvalue weighted by molar-refractivity contribution is -0.102. The Hall–Kier alpha value is -2.17. The van der Waals surface area contributed by atoms with Crippen LogP contribution in [0.1, 0.15) is 5.56 Å². The number of nitrogens with one attached hydrogen (secondary N) is 1. The average Bonchev–Trinajstić information content (AvgIpc) is 2.20. The van der Waals surface area contributed by atoms with Gasteiger partial charge in [-0.2, -0.15) is 5.10 Å². The van der Waals surface area contributed by atoms with Crippen LogP contribution in [0.25, 0.3) is 0 Å². The molecule has 0 saturated heterocycles. The van der Waals surface area contributed by atoms with Gasteiger partial charge in [-0.15, -0.1) is 0 Å². The minimum absolute atomic E-state index is 0.129. The van der Waals surface area contributed by atoms with Gasteiger partial charge in [-0.25, -0.2) is 10.2 Å². The van der Waals surface area contributed by atoms with E-state index in [1.807, 2.05) is 11.5 Å². The molecule has 2 amide bonds. The highest BCUT2D eigenvalue weighted by Crippen LogP contribution is 1.98. The van der Waals surface area contributed by atoms with Crippen LogP contribution in [0.3, 0.4) is 0 Å². The molecule has 5 heteroatoms. The van der Waals surface area contributed by atoms with E-state index in [2.05, 4.69) is 5.10 Å². The molecule has 0 aliphatic heterocycles. The number of hydrazone groups is 1.